The predicted molar refractivity (Wildman–Crippen MR) is 102 cm³/mol. The molecule has 1 heterocycles. The Hall–Kier alpha value is -3.08. The van der Waals surface area contributed by atoms with Gasteiger partial charge in [0.1, 0.15) is 11.6 Å². The highest BCUT2D eigenvalue weighted by atomic mass is 16.5. The fraction of sp³-hybridized carbons (Fsp3) is 0.200. The summed E-state index contributed by atoms with van der Waals surface area (Å²) < 4.78 is 5.97. The Kier molecular flexibility index (Phi) is 5.82. The Morgan fingerprint density at radius 1 is 0.960 bits per heavy atom. The van der Waals surface area contributed by atoms with Gasteiger partial charge in [0.15, 0.2) is 5.75 Å². The van der Waals surface area contributed by atoms with Gasteiger partial charge < -0.3 is 15.4 Å². The van der Waals surface area contributed by atoms with Crippen LogP contribution in [-0.2, 0) is 0 Å². The molecule has 2 N–H and O–H groups in total. The SMILES string of the molecule is CCCCNc1nccc(Nc2ccccc2Oc2ccccc2)n1. The molecule has 5 nitrogen and oxygen atoms in total. The summed E-state index contributed by atoms with van der Waals surface area (Å²) in [5.41, 5.74) is 0.851. The van der Waals surface area contributed by atoms with Crippen molar-refractivity contribution in [3.8, 4) is 11.5 Å². The topological polar surface area (TPSA) is 59.1 Å². The molecule has 0 fully saturated rings. The lowest BCUT2D eigenvalue weighted by molar-refractivity contribution is 0.485. The average molecular weight is 334 g/mol. The fourth-order valence-electron chi connectivity index (χ4n) is 2.30. The minimum absolute atomic E-state index is 0.625. The Morgan fingerprint density at radius 2 is 1.76 bits per heavy atom. The fourth-order valence-corrected chi connectivity index (χ4v) is 2.30. The van der Waals surface area contributed by atoms with E-state index in [1.54, 1.807) is 6.20 Å². The van der Waals surface area contributed by atoms with E-state index in [2.05, 4.69) is 27.5 Å². The molecule has 25 heavy (non-hydrogen) atoms. The van der Waals surface area contributed by atoms with Gasteiger partial charge in [0.25, 0.3) is 0 Å². The number of hydrogen-bond acceptors (Lipinski definition) is 5. The Balaban J connectivity index is 1.74. The summed E-state index contributed by atoms with van der Waals surface area (Å²) in [6.45, 7) is 3.03. The van der Waals surface area contributed by atoms with E-state index < -0.39 is 0 Å². The van der Waals surface area contributed by atoms with Gasteiger partial charge in [0.05, 0.1) is 5.69 Å². The minimum Gasteiger partial charge on any atom is -0.455 e. The third kappa shape index (κ3) is 4.94. The summed E-state index contributed by atoms with van der Waals surface area (Å²) in [6, 6.07) is 19.3. The van der Waals surface area contributed by atoms with Crippen molar-refractivity contribution in [3.05, 3.63) is 66.9 Å². The first kappa shape index (κ1) is 16.8. The van der Waals surface area contributed by atoms with Gasteiger partial charge in [-0.3, -0.25) is 0 Å². The van der Waals surface area contributed by atoms with Crippen LogP contribution in [0.1, 0.15) is 19.8 Å². The van der Waals surface area contributed by atoms with E-state index in [1.807, 2.05) is 60.7 Å². The third-order valence-corrected chi connectivity index (χ3v) is 3.59. The molecule has 0 saturated heterocycles. The number of anilines is 3. The van der Waals surface area contributed by atoms with Crippen molar-refractivity contribution in [1.29, 1.82) is 0 Å². The maximum absolute atomic E-state index is 5.97. The van der Waals surface area contributed by atoms with Crippen LogP contribution in [-0.4, -0.2) is 16.5 Å². The highest BCUT2D eigenvalue weighted by molar-refractivity contribution is 5.65. The van der Waals surface area contributed by atoms with Crippen molar-refractivity contribution >= 4 is 17.5 Å². The smallest absolute Gasteiger partial charge is 0.224 e. The third-order valence-electron chi connectivity index (χ3n) is 3.59. The Bertz CT molecular complexity index is 792. The first-order chi connectivity index (χ1) is 12.3. The molecule has 0 amide bonds. The molecule has 0 bridgehead atoms. The summed E-state index contributed by atoms with van der Waals surface area (Å²) >= 11 is 0. The Morgan fingerprint density at radius 3 is 2.60 bits per heavy atom. The molecule has 128 valence electrons. The molecule has 2 aromatic carbocycles. The Labute approximate surface area is 148 Å². The van der Waals surface area contributed by atoms with Crippen LogP contribution in [0.4, 0.5) is 17.5 Å². The molecular formula is C20H22N4O. The van der Waals surface area contributed by atoms with Gasteiger partial charge in [-0.2, -0.15) is 4.98 Å². The van der Waals surface area contributed by atoms with E-state index in [0.29, 0.717) is 5.95 Å². The standard InChI is InChI=1S/C20H22N4O/c1-2-3-14-21-20-22-15-13-19(24-20)23-17-11-7-8-12-18(17)25-16-9-5-4-6-10-16/h4-13,15H,2-3,14H2,1H3,(H2,21,22,23,24). The van der Waals surface area contributed by atoms with Gasteiger partial charge in [-0.05, 0) is 36.8 Å². The van der Waals surface area contributed by atoms with Gasteiger partial charge in [-0.25, -0.2) is 4.98 Å². The molecule has 0 radical (unpaired) electrons. The zero-order valence-electron chi connectivity index (χ0n) is 14.3. The zero-order chi connectivity index (χ0) is 17.3. The number of rotatable bonds is 8. The van der Waals surface area contributed by atoms with Crippen molar-refractivity contribution in [2.24, 2.45) is 0 Å². The van der Waals surface area contributed by atoms with Crippen molar-refractivity contribution in [3.63, 3.8) is 0 Å². The minimum atomic E-state index is 0.625. The summed E-state index contributed by atoms with van der Waals surface area (Å²) in [7, 11) is 0. The summed E-state index contributed by atoms with van der Waals surface area (Å²) in [5.74, 6) is 2.88. The van der Waals surface area contributed by atoms with Crippen molar-refractivity contribution in [2.45, 2.75) is 19.8 Å². The van der Waals surface area contributed by atoms with Gasteiger partial charge in [0, 0.05) is 12.7 Å². The van der Waals surface area contributed by atoms with E-state index >= 15 is 0 Å². The van der Waals surface area contributed by atoms with E-state index in [-0.39, 0.29) is 0 Å². The number of para-hydroxylation sites is 3. The van der Waals surface area contributed by atoms with Crippen LogP contribution in [0, 0.1) is 0 Å². The number of benzene rings is 2. The average Bonchev–Trinajstić information content (AvgIpc) is 2.65. The van der Waals surface area contributed by atoms with Crippen LogP contribution in [0.5, 0.6) is 11.5 Å². The molecule has 0 aliphatic carbocycles. The van der Waals surface area contributed by atoms with E-state index in [4.69, 9.17) is 4.74 Å². The summed E-state index contributed by atoms with van der Waals surface area (Å²) in [6.07, 6.45) is 3.97. The lowest BCUT2D eigenvalue weighted by Crippen LogP contribution is -2.06. The second-order valence-corrected chi connectivity index (χ2v) is 5.58. The number of hydrogen-bond donors (Lipinski definition) is 2. The second kappa shape index (κ2) is 8.68. The number of nitrogens with zero attached hydrogens (tertiary/aromatic N) is 2. The van der Waals surface area contributed by atoms with Crippen LogP contribution < -0.4 is 15.4 Å². The largest absolute Gasteiger partial charge is 0.455 e. The highest BCUT2D eigenvalue weighted by Crippen LogP contribution is 2.31. The lowest BCUT2D eigenvalue weighted by Gasteiger charge is -2.13. The normalized spacial score (nSPS) is 10.3. The molecular weight excluding hydrogens is 312 g/mol. The van der Waals surface area contributed by atoms with Crippen LogP contribution >= 0.6 is 0 Å². The second-order valence-electron chi connectivity index (χ2n) is 5.58. The van der Waals surface area contributed by atoms with Crippen molar-refractivity contribution < 1.29 is 4.74 Å². The van der Waals surface area contributed by atoms with E-state index in [1.165, 1.54) is 0 Å². The van der Waals surface area contributed by atoms with Gasteiger partial charge in [-0.1, -0.05) is 43.7 Å². The zero-order valence-corrected chi connectivity index (χ0v) is 14.3. The first-order valence-electron chi connectivity index (χ1n) is 8.51. The van der Waals surface area contributed by atoms with Gasteiger partial charge in [-0.15, -0.1) is 0 Å². The number of aromatic nitrogens is 2. The molecule has 3 rings (SSSR count). The number of nitrogens with one attached hydrogen (secondary N) is 2. The molecule has 0 aliphatic rings. The molecule has 0 saturated carbocycles. The molecule has 1 aromatic heterocycles. The first-order valence-corrected chi connectivity index (χ1v) is 8.51. The maximum atomic E-state index is 5.97. The molecule has 3 aromatic rings. The molecule has 0 aliphatic heterocycles. The number of ether oxygens (including phenoxy) is 1. The quantitative estimate of drug-likeness (QED) is 0.553. The maximum Gasteiger partial charge on any atom is 0.224 e. The summed E-state index contributed by atoms with van der Waals surface area (Å²) in [4.78, 5) is 8.75. The van der Waals surface area contributed by atoms with Crippen LogP contribution in [0.25, 0.3) is 0 Å². The van der Waals surface area contributed by atoms with Crippen LogP contribution in [0.3, 0.4) is 0 Å². The van der Waals surface area contributed by atoms with Gasteiger partial charge in [0.2, 0.25) is 5.95 Å². The molecule has 0 spiro atoms. The van der Waals surface area contributed by atoms with Gasteiger partial charge >= 0.3 is 0 Å². The number of unbranched alkanes of at least 4 members (excludes halogenated alkanes) is 1. The lowest BCUT2D eigenvalue weighted by atomic mass is 10.3. The van der Waals surface area contributed by atoms with Crippen molar-refractivity contribution in [1.82, 2.24) is 9.97 Å². The predicted octanol–water partition coefficient (Wildman–Crippen LogP) is 5.22. The summed E-state index contributed by atoms with van der Waals surface area (Å²) in [5, 5.41) is 6.54. The van der Waals surface area contributed by atoms with E-state index in [9.17, 15) is 0 Å². The highest BCUT2D eigenvalue weighted by Gasteiger charge is 2.06. The van der Waals surface area contributed by atoms with Crippen LogP contribution in [0.2, 0.25) is 0 Å². The molecule has 5 heteroatoms. The van der Waals surface area contributed by atoms with Crippen LogP contribution in [0.15, 0.2) is 66.9 Å². The van der Waals surface area contributed by atoms with Crippen molar-refractivity contribution in [2.75, 3.05) is 17.2 Å². The molecule has 0 unspecified atom stereocenters. The van der Waals surface area contributed by atoms with E-state index in [0.717, 1.165) is 42.4 Å². The molecule has 0 atom stereocenters. The monoisotopic (exact) mass is 334 g/mol.